The molecule has 5 nitrogen and oxygen atoms in total. The lowest BCUT2D eigenvalue weighted by Crippen LogP contribution is -2.21. The Bertz CT molecular complexity index is 1240. The summed E-state index contributed by atoms with van der Waals surface area (Å²) in [5, 5.41) is 6.94. The fraction of sp³-hybridized carbons (Fsp3) is 0.0455. The Labute approximate surface area is 154 Å². The Hall–Kier alpha value is -3.73. The number of rotatable bonds is 3. The number of fused-ring (bicyclic) bond motifs is 3. The van der Waals surface area contributed by atoms with Gasteiger partial charge in [0.2, 0.25) is 0 Å². The molecule has 3 aromatic carbocycles. The van der Waals surface area contributed by atoms with Crippen LogP contribution in [0, 0.1) is 0 Å². The monoisotopic (exact) mass is 356 g/mol. The summed E-state index contributed by atoms with van der Waals surface area (Å²) in [5.74, 6) is -0.342. The SMILES string of the molecule is C/C(=N/NC(=O)c1ccccc1)c1cc2c(ccc3ccccc32)oc1=O. The van der Waals surface area contributed by atoms with Crippen LogP contribution >= 0.6 is 0 Å². The van der Waals surface area contributed by atoms with E-state index in [0.717, 1.165) is 16.2 Å². The molecule has 0 aliphatic heterocycles. The first-order valence-electron chi connectivity index (χ1n) is 8.49. The van der Waals surface area contributed by atoms with Gasteiger partial charge in [0.15, 0.2) is 0 Å². The van der Waals surface area contributed by atoms with Crippen molar-refractivity contribution in [2.45, 2.75) is 6.92 Å². The summed E-state index contributed by atoms with van der Waals surface area (Å²) < 4.78 is 5.46. The molecular formula is C22H16N2O3. The van der Waals surface area contributed by atoms with Gasteiger partial charge in [-0.1, -0.05) is 48.5 Å². The first-order chi connectivity index (χ1) is 13.1. The molecule has 0 fully saturated rings. The smallest absolute Gasteiger partial charge is 0.345 e. The predicted molar refractivity (Wildman–Crippen MR) is 106 cm³/mol. The molecule has 0 radical (unpaired) electrons. The first kappa shape index (κ1) is 16.7. The number of nitrogens with one attached hydrogen (secondary N) is 1. The van der Waals surface area contributed by atoms with Crippen molar-refractivity contribution < 1.29 is 9.21 Å². The number of nitrogens with zero attached hydrogens (tertiary/aromatic N) is 1. The van der Waals surface area contributed by atoms with Crippen LogP contribution in [0.2, 0.25) is 0 Å². The van der Waals surface area contributed by atoms with Crippen molar-refractivity contribution in [2.75, 3.05) is 0 Å². The number of hydrogen-bond acceptors (Lipinski definition) is 4. The maximum Gasteiger partial charge on any atom is 0.345 e. The highest BCUT2D eigenvalue weighted by Gasteiger charge is 2.11. The third-order valence-corrected chi connectivity index (χ3v) is 4.39. The number of carbonyl (C=O) groups excluding carboxylic acids is 1. The van der Waals surface area contributed by atoms with Crippen LogP contribution in [0.3, 0.4) is 0 Å². The van der Waals surface area contributed by atoms with Crippen LogP contribution in [0.25, 0.3) is 21.7 Å². The van der Waals surface area contributed by atoms with E-state index in [0.29, 0.717) is 22.4 Å². The zero-order valence-corrected chi connectivity index (χ0v) is 14.6. The summed E-state index contributed by atoms with van der Waals surface area (Å²) in [4.78, 5) is 24.5. The fourth-order valence-corrected chi connectivity index (χ4v) is 2.97. The lowest BCUT2D eigenvalue weighted by atomic mass is 10.0. The molecule has 132 valence electrons. The second-order valence-corrected chi connectivity index (χ2v) is 6.15. The third-order valence-electron chi connectivity index (χ3n) is 4.39. The van der Waals surface area contributed by atoms with E-state index >= 15 is 0 Å². The topological polar surface area (TPSA) is 71.7 Å². The molecule has 4 aromatic rings. The normalized spacial score (nSPS) is 11.7. The number of hydrogen-bond donors (Lipinski definition) is 1. The molecule has 0 unspecified atom stereocenters. The van der Waals surface area contributed by atoms with Gasteiger partial charge in [0.1, 0.15) is 5.58 Å². The van der Waals surface area contributed by atoms with Gasteiger partial charge in [-0.05, 0) is 42.0 Å². The lowest BCUT2D eigenvalue weighted by molar-refractivity contribution is 0.0955. The highest BCUT2D eigenvalue weighted by Crippen LogP contribution is 2.25. The Morgan fingerprint density at radius 3 is 2.48 bits per heavy atom. The van der Waals surface area contributed by atoms with E-state index in [1.54, 1.807) is 43.3 Å². The van der Waals surface area contributed by atoms with Crippen molar-refractivity contribution in [2.24, 2.45) is 5.10 Å². The second-order valence-electron chi connectivity index (χ2n) is 6.15. The summed E-state index contributed by atoms with van der Waals surface area (Å²) in [5.41, 5.74) is 3.68. The molecule has 1 amide bonds. The minimum absolute atomic E-state index is 0.312. The summed E-state index contributed by atoms with van der Waals surface area (Å²) in [6, 6.07) is 22.1. The van der Waals surface area contributed by atoms with Crippen LogP contribution in [0.1, 0.15) is 22.8 Å². The molecule has 0 atom stereocenters. The predicted octanol–water partition coefficient (Wildman–Crippen LogP) is 4.10. The number of hydrazone groups is 1. The van der Waals surface area contributed by atoms with Gasteiger partial charge < -0.3 is 4.42 Å². The average molecular weight is 356 g/mol. The van der Waals surface area contributed by atoms with Crippen molar-refractivity contribution in [1.29, 1.82) is 0 Å². The van der Waals surface area contributed by atoms with Gasteiger partial charge in [-0.2, -0.15) is 5.10 Å². The molecular weight excluding hydrogens is 340 g/mol. The van der Waals surface area contributed by atoms with Gasteiger partial charge in [-0.25, -0.2) is 10.2 Å². The van der Waals surface area contributed by atoms with E-state index in [1.807, 2.05) is 36.4 Å². The molecule has 4 rings (SSSR count). The molecule has 1 N–H and O–H groups in total. The van der Waals surface area contributed by atoms with Gasteiger partial charge in [0.05, 0.1) is 11.3 Å². The van der Waals surface area contributed by atoms with E-state index in [1.165, 1.54) is 0 Å². The number of benzene rings is 3. The lowest BCUT2D eigenvalue weighted by Gasteiger charge is -2.06. The fourth-order valence-electron chi connectivity index (χ4n) is 2.97. The highest BCUT2D eigenvalue weighted by molar-refractivity contribution is 6.09. The third kappa shape index (κ3) is 3.22. The van der Waals surface area contributed by atoms with Crippen LogP contribution in [0.15, 0.2) is 87.1 Å². The Morgan fingerprint density at radius 1 is 0.926 bits per heavy atom. The second kappa shape index (κ2) is 6.88. The average Bonchev–Trinajstić information content (AvgIpc) is 2.71. The summed E-state index contributed by atoms with van der Waals surface area (Å²) in [7, 11) is 0. The van der Waals surface area contributed by atoms with Crippen LogP contribution in [-0.4, -0.2) is 11.6 Å². The highest BCUT2D eigenvalue weighted by atomic mass is 16.4. The Balaban J connectivity index is 1.74. The van der Waals surface area contributed by atoms with Crippen LogP contribution in [0.5, 0.6) is 0 Å². The molecule has 1 heterocycles. The summed E-state index contributed by atoms with van der Waals surface area (Å²) in [6.45, 7) is 1.66. The van der Waals surface area contributed by atoms with Crippen molar-refractivity contribution in [1.82, 2.24) is 5.43 Å². The maximum absolute atomic E-state index is 12.4. The van der Waals surface area contributed by atoms with E-state index < -0.39 is 5.63 Å². The summed E-state index contributed by atoms with van der Waals surface area (Å²) >= 11 is 0. The number of carbonyl (C=O) groups is 1. The van der Waals surface area contributed by atoms with Gasteiger partial charge in [-0.15, -0.1) is 0 Å². The van der Waals surface area contributed by atoms with Crippen molar-refractivity contribution >= 4 is 33.4 Å². The van der Waals surface area contributed by atoms with Gasteiger partial charge in [0, 0.05) is 10.9 Å². The van der Waals surface area contributed by atoms with Crippen LogP contribution < -0.4 is 11.1 Å². The van der Waals surface area contributed by atoms with E-state index in [-0.39, 0.29) is 5.91 Å². The zero-order valence-electron chi connectivity index (χ0n) is 14.6. The van der Waals surface area contributed by atoms with E-state index in [2.05, 4.69) is 10.5 Å². The largest absolute Gasteiger partial charge is 0.422 e. The summed E-state index contributed by atoms with van der Waals surface area (Å²) in [6.07, 6.45) is 0. The minimum atomic E-state index is -0.493. The minimum Gasteiger partial charge on any atom is -0.422 e. The first-order valence-corrected chi connectivity index (χ1v) is 8.49. The van der Waals surface area contributed by atoms with E-state index in [4.69, 9.17) is 4.42 Å². The number of amides is 1. The molecule has 0 spiro atoms. The Kier molecular flexibility index (Phi) is 4.26. The molecule has 27 heavy (non-hydrogen) atoms. The van der Waals surface area contributed by atoms with Crippen LogP contribution in [0.4, 0.5) is 0 Å². The molecule has 0 bridgehead atoms. The van der Waals surface area contributed by atoms with Gasteiger partial charge >= 0.3 is 5.63 Å². The molecule has 0 aliphatic carbocycles. The molecule has 0 saturated carbocycles. The van der Waals surface area contributed by atoms with Gasteiger partial charge in [-0.3, -0.25) is 4.79 Å². The van der Waals surface area contributed by atoms with Crippen molar-refractivity contribution in [3.63, 3.8) is 0 Å². The van der Waals surface area contributed by atoms with Crippen LogP contribution in [-0.2, 0) is 0 Å². The standard InChI is InChI=1S/C22H16N2O3/c1-14(23-24-21(25)16-8-3-2-4-9-16)18-13-19-17-10-6-5-7-15(17)11-12-20(19)27-22(18)26/h2-13H,1H3,(H,24,25)/b23-14-. The van der Waals surface area contributed by atoms with Crippen molar-refractivity contribution in [3.8, 4) is 0 Å². The molecule has 5 heteroatoms. The van der Waals surface area contributed by atoms with Gasteiger partial charge in [0.25, 0.3) is 5.91 Å². The molecule has 0 aliphatic rings. The molecule has 1 aromatic heterocycles. The van der Waals surface area contributed by atoms with E-state index in [9.17, 15) is 9.59 Å². The molecule has 0 saturated heterocycles. The quantitative estimate of drug-likeness (QED) is 0.260. The zero-order chi connectivity index (χ0) is 18.8. The Morgan fingerprint density at radius 2 is 1.67 bits per heavy atom. The van der Waals surface area contributed by atoms with Crippen molar-refractivity contribution in [3.05, 3.63) is 94.3 Å². The maximum atomic E-state index is 12.4.